The molecule has 7 heavy (non-hydrogen) atoms. The number of carbonyl (C=O) groups excluding carboxylic acids is 1. The molecule has 0 aliphatic rings. The summed E-state index contributed by atoms with van der Waals surface area (Å²) >= 11 is 0. The zero-order valence-electron chi connectivity index (χ0n) is 3.52. The molecule has 0 saturated carbocycles. The Morgan fingerprint density at radius 2 is 1.14 bits per heavy atom. The maximum atomic E-state index is 8.33. The molecule has 0 aromatic heterocycles. The van der Waals surface area contributed by atoms with Gasteiger partial charge in [-0.3, -0.25) is 0 Å². The van der Waals surface area contributed by atoms with Crippen molar-refractivity contribution in [3.63, 3.8) is 0 Å². The molecular weight excluding hydrogens is 128 g/mol. The Kier molecular flexibility index (Phi) is 57.1. The van der Waals surface area contributed by atoms with Crippen molar-refractivity contribution >= 4 is 52.3 Å². The van der Waals surface area contributed by atoms with E-state index < -0.39 is 6.16 Å². The number of rotatable bonds is 0. The van der Waals surface area contributed by atoms with E-state index in [0.29, 0.717) is 0 Å². The number of halogens is 1. The van der Waals surface area contributed by atoms with Gasteiger partial charge >= 0.3 is 46.1 Å². The Hall–Kier alpha value is 0.732. The van der Waals surface area contributed by atoms with E-state index >= 15 is 0 Å². The van der Waals surface area contributed by atoms with Crippen LogP contribution in [0.15, 0.2) is 0 Å². The summed E-state index contributed by atoms with van der Waals surface area (Å²) in [5.74, 6) is 0. The van der Waals surface area contributed by atoms with Crippen LogP contribution >= 0.6 is 0 Å². The van der Waals surface area contributed by atoms with Crippen LogP contribution < -0.4 is 14.9 Å². The van der Waals surface area contributed by atoms with E-state index in [4.69, 9.17) is 15.0 Å². The van der Waals surface area contributed by atoms with Gasteiger partial charge in [-0.2, -0.15) is 0 Å². The summed E-state index contributed by atoms with van der Waals surface area (Å²) in [7, 11) is 0. The fourth-order valence-electron chi connectivity index (χ4n) is 0. The minimum atomic E-state index is -2.33. The van der Waals surface area contributed by atoms with E-state index in [0.717, 1.165) is 0 Å². The molecule has 0 bridgehead atoms. The fraction of sp³-hybridized carbons (Fsp3) is 0. The minimum Gasteiger partial charge on any atom is -1.00 e. The smallest absolute Gasteiger partial charge is 1.00 e. The Morgan fingerprint density at radius 3 is 1.14 bits per heavy atom. The second-order valence-electron chi connectivity index (χ2n) is 0.250. The summed E-state index contributed by atoms with van der Waals surface area (Å²) < 4.78 is 0. The van der Waals surface area contributed by atoms with Crippen molar-refractivity contribution in [3.8, 4) is 0 Å². The van der Waals surface area contributed by atoms with Crippen molar-refractivity contribution in [2.75, 3.05) is 0 Å². The van der Waals surface area contributed by atoms with Gasteiger partial charge < -0.3 is 19.7 Å². The van der Waals surface area contributed by atoms with Gasteiger partial charge in [-0.05, 0) is 6.16 Å². The largest absolute Gasteiger partial charge is 2.00 e. The number of hydrogen-bond acceptors (Lipinski definition) is 3. The second-order valence-corrected chi connectivity index (χ2v) is 0.250. The van der Waals surface area contributed by atoms with Gasteiger partial charge in [0, 0.05) is 0 Å². The third kappa shape index (κ3) is 281. The summed E-state index contributed by atoms with van der Waals surface area (Å²) in [6.07, 6.45) is -2.33. The number of hydrogen-bond donors (Lipinski definition) is 0. The Bertz CT molecular complexity index is 35.9. The van der Waals surface area contributed by atoms with Crippen molar-refractivity contribution in [2.24, 2.45) is 0 Å². The van der Waals surface area contributed by atoms with Crippen molar-refractivity contribution in [2.45, 2.75) is 0 Å². The van der Waals surface area contributed by atoms with E-state index in [1.807, 2.05) is 0 Å². The summed E-state index contributed by atoms with van der Waals surface area (Å²) in [5, 5.41) is 16.7. The SMILES string of the molecule is O=C([O-])[O-].[F-].[Mg+2].[Mg+2]. The van der Waals surface area contributed by atoms with Gasteiger partial charge in [-0.1, -0.05) is 0 Å². The van der Waals surface area contributed by atoms with E-state index in [-0.39, 0.29) is 50.8 Å². The first-order chi connectivity index (χ1) is 1.73. The predicted molar refractivity (Wildman–Crippen MR) is 16.9 cm³/mol. The van der Waals surface area contributed by atoms with Crippen LogP contribution in [0.5, 0.6) is 0 Å². The molecule has 6 heteroatoms. The van der Waals surface area contributed by atoms with Gasteiger partial charge in [0.25, 0.3) is 0 Å². The average molecular weight is 128 g/mol. The number of carboxylic acid groups (broad SMARTS) is 2. The number of carbonyl (C=O) groups is 1. The standard InChI is InChI=1S/CH2O3.FH.2Mg/c2-1(3)4;;;/h(H2,2,3,4);1H;;/q;;2*+2/p-3. The van der Waals surface area contributed by atoms with Gasteiger partial charge in [0.1, 0.15) is 0 Å². The van der Waals surface area contributed by atoms with Gasteiger partial charge in [-0.25, -0.2) is 0 Å². The molecular formula is CFMg2O3+. The van der Waals surface area contributed by atoms with Crippen LogP contribution in [0.4, 0.5) is 4.79 Å². The van der Waals surface area contributed by atoms with Crippen molar-refractivity contribution in [1.82, 2.24) is 0 Å². The second kappa shape index (κ2) is 15.9. The Balaban J connectivity index is -0.0000000150. The van der Waals surface area contributed by atoms with Crippen LogP contribution in [0, 0.1) is 0 Å². The molecule has 0 atom stereocenters. The van der Waals surface area contributed by atoms with Crippen LogP contribution in [0.1, 0.15) is 0 Å². The first-order valence-corrected chi connectivity index (χ1v) is 0.612. The summed E-state index contributed by atoms with van der Waals surface area (Å²) in [6, 6.07) is 0. The molecule has 0 spiro atoms. The molecule has 0 fully saturated rings. The van der Waals surface area contributed by atoms with E-state index in [2.05, 4.69) is 0 Å². The van der Waals surface area contributed by atoms with Crippen LogP contribution in [0.25, 0.3) is 0 Å². The zero-order chi connectivity index (χ0) is 3.58. The third-order valence-corrected chi connectivity index (χ3v) is 0. The summed E-state index contributed by atoms with van der Waals surface area (Å²) in [5.41, 5.74) is 0. The maximum Gasteiger partial charge on any atom is 2.00 e. The molecule has 0 heterocycles. The van der Waals surface area contributed by atoms with Gasteiger partial charge in [0.15, 0.2) is 0 Å². The van der Waals surface area contributed by atoms with Crippen LogP contribution in [-0.4, -0.2) is 52.3 Å². The first kappa shape index (κ1) is 25.2. The van der Waals surface area contributed by atoms with E-state index in [9.17, 15) is 0 Å². The van der Waals surface area contributed by atoms with Crippen molar-refractivity contribution in [3.05, 3.63) is 0 Å². The topological polar surface area (TPSA) is 63.2 Å². The van der Waals surface area contributed by atoms with Crippen LogP contribution in [0.2, 0.25) is 0 Å². The van der Waals surface area contributed by atoms with Crippen molar-refractivity contribution in [1.29, 1.82) is 0 Å². The van der Waals surface area contributed by atoms with Crippen molar-refractivity contribution < 1.29 is 19.7 Å². The predicted octanol–water partition coefficient (Wildman–Crippen LogP) is -6.20. The molecule has 32 valence electrons. The Morgan fingerprint density at radius 1 is 1.14 bits per heavy atom. The average Bonchev–Trinajstić information content (AvgIpc) is 0.811. The molecule has 0 aromatic carbocycles. The molecule has 0 rings (SSSR count). The van der Waals surface area contributed by atoms with E-state index in [1.54, 1.807) is 0 Å². The van der Waals surface area contributed by atoms with E-state index in [1.165, 1.54) is 0 Å². The zero-order valence-corrected chi connectivity index (χ0v) is 6.35. The first-order valence-electron chi connectivity index (χ1n) is 0.612. The summed E-state index contributed by atoms with van der Waals surface area (Å²) in [6.45, 7) is 0. The molecule has 0 radical (unpaired) electrons. The van der Waals surface area contributed by atoms with Gasteiger partial charge in [0.2, 0.25) is 0 Å². The molecule has 0 unspecified atom stereocenters. The van der Waals surface area contributed by atoms with Crippen LogP contribution in [0.3, 0.4) is 0 Å². The molecule has 0 amide bonds. The van der Waals surface area contributed by atoms with Gasteiger partial charge in [0.05, 0.1) is 0 Å². The minimum absolute atomic E-state index is 0. The molecule has 0 aromatic rings. The molecule has 0 saturated heterocycles. The molecule has 0 N–H and O–H groups in total. The molecule has 0 aliphatic heterocycles. The monoisotopic (exact) mass is 127 g/mol. The molecule has 3 nitrogen and oxygen atoms in total. The van der Waals surface area contributed by atoms with Gasteiger partial charge in [-0.15, -0.1) is 0 Å². The Labute approximate surface area is 71.8 Å². The summed E-state index contributed by atoms with van der Waals surface area (Å²) in [4.78, 5) is 8.33. The maximum absolute atomic E-state index is 8.33. The quantitative estimate of drug-likeness (QED) is 0.304. The molecule has 0 aliphatic carbocycles. The fourth-order valence-corrected chi connectivity index (χ4v) is 0. The van der Waals surface area contributed by atoms with Crippen LogP contribution in [-0.2, 0) is 0 Å². The third-order valence-electron chi connectivity index (χ3n) is 0. The normalized spacial score (nSPS) is 3.43.